The van der Waals surface area contributed by atoms with Crippen molar-refractivity contribution in [3.8, 4) is 0 Å². The highest BCUT2D eigenvalue weighted by molar-refractivity contribution is 6.01. The summed E-state index contributed by atoms with van der Waals surface area (Å²) in [6.45, 7) is 12.0. The topological polar surface area (TPSA) is 4.93 Å². The van der Waals surface area contributed by atoms with Gasteiger partial charge in [0.2, 0.25) is 0 Å². The molecule has 0 N–H and O–H groups in total. The van der Waals surface area contributed by atoms with Crippen molar-refractivity contribution in [3.05, 3.63) is 59.8 Å². The molecule has 1 nitrogen and oxygen atoms in total. The Kier molecular flexibility index (Phi) is 4.09. The molecular formula is C19H21N. The summed E-state index contributed by atoms with van der Waals surface area (Å²) in [5.74, 6) is 0. The molecule has 1 aromatic heterocycles. The third-order valence-corrected chi connectivity index (χ3v) is 3.61. The van der Waals surface area contributed by atoms with E-state index in [1.54, 1.807) is 0 Å². The van der Waals surface area contributed by atoms with Gasteiger partial charge >= 0.3 is 0 Å². The number of rotatable bonds is 4. The van der Waals surface area contributed by atoms with Crippen LogP contribution in [0.25, 0.3) is 35.2 Å². The van der Waals surface area contributed by atoms with Crippen LogP contribution in [0.3, 0.4) is 0 Å². The molecule has 0 saturated heterocycles. The summed E-state index contributed by atoms with van der Waals surface area (Å²) >= 11 is 0. The summed E-state index contributed by atoms with van der Waals surface area (Å²) in [5, 5.41) is 1.26. The Morgan fingerprint density at radius 1 is 0.950 bits per heavy atom. The molecule has 0 radical (unpaired) electrons. The summed E-state index contributed by atoms with van der Waals surface area (Å²) in [6, 6.07) is 4.27. The van der Waals surface area contributed by atoms with Crippen molar-refractivity contribution < 1.29 is 0 Å². The summed E-state index contributed by atoms with van der Waals surface area (Å²) in [6.07, 6.45) is 12.3. The standard InChI is InChI=1S/C19H21N/c1-6-10-15-14(8-3)12-13-18-19(15)16(11-7-2)17(9-4)20(18)5/h6-13H,3-4H2,1-2,5H3/b10-6-,11-7-. The Morgan fingerprint density at radius 3 is 2.15 bits per heavy atom. The van der Waals surface area contributed by atoms with Crippen LogP contribution in [0.2, 0.25) is 0 Å². The van der Waals surface area contributed by atoms with E-state index >= 15 is 0 Å². The van der Waals surface area contributed by atoms with E-state index in [4.69, 9.17) is 0 Å². The molecule has 0 aliphatic rings. The highest BCUT2D eigenvalue weighted by Gasteiger charge is 2.14. The summed E-state index contributed by atoms with van der Waals surface area (Å²) in [4.78, 5) is 0. The van der Waals surface area contributed by atoms with E-state index < -0.39 is 0 Å². The van der Waals surface area contributed by atoms with Crippen molar-refractivity contribution in [3.63, 3.8) is 0 Å². The van der Waals surface area contributed by atoms with E-state index in [-0.39, 0.29) is 0 Å². The number of aromatic nitrogens is 1. The van der Waals surface area contributed by atoms with E-state index in [0.29, 0.717) is 0 Å². The molecule has 0 spiro atoms. The summed E-state index contributed by atoms with van der Waals surface area (Å²) in [7, 11) is 2.08. The molecule has 1 aromatic carbocycles. The third-order valence-electron chi connectivity index (χ3n) is 3.61. The highest BCUT2D eigenvalue weighted by Crippen LogP contribution is 2.33. The largest absolute Gasteiger partial charge is 0.344 e. The lowest BCUT2D eigenvalue weighted by Gasteiger charge is -2.05. The van der Waals surface area contributed by atoms with E-state index in [2.05, 4.69) is 61.2 Å². The van der Waals surface area contributed by atoms with Crippen LogP contribution in [0, 0.1) is 0 Å². The summed E-state index contributed by atoms with van der Waals surface area (Å²) < 4.78 is 2.19. The first-order chi connectivity index (χ1) is 9.69. The fourth-order valence-electron chi connectivity index (χ4n) is 2.73. The molecule has 20 heavy (non-hydrogen) atoms. The van der Waals surface area contributed by atoms with Crippen LogP contribution < -0.4 is 0 Å². The number of allylic oxidation sites excluding steroid dienone is 2. The molecule has 0 aliphatic carbocycles. The second-order valence-corrected chi connectivity index (χ2v) is 4.73. The molecule has 0 bridgehead atoms. The van der Waals surface area contributed by atoms with Gasteiger partial charge in [-0.3, -0.25) is 0 Å². The molecule has 0 saturated carbocycles. The lowest BCUT2D eigenvalue weighted by molar-refractivity contribution is 0.953. The predicted octanol–water partition coefficient (Wildman–Crippen LogP) is 5.53. The SMILES string of the molecule is C=Cc1ccc2c(c1/C=C\C)c(/C=C\C)c(C=C)n2C. The first-order valence-electron chi connectivity index (χ1n) is 6.85. The van der Waals surface area contributed by atoms with Gasteiger partial charge in [-0.15, -0.1) is 0 Å². The van der Waals surface area contributed by atoms with Gasteiger partial charge in [-0.2, -0.15) is 0 Å². The zero-order valence-electron chi connectivity index (χ0n) is 12.5. The molecule has 0 aliphatic heterocycles. The smallest absolute Gasteiger partial charge is 0.0495 e. The third kappa shape index (κ3) is 2.05. The van der Waals surface area contributed by atoms with Crippen molar-refractivity contribution in [1.82, 2.24) is 4.57 Å². The van der Waals surface area contributed by atoms with Crippen LogP contribution in [-0.2, 0) is 7.05 Å². The van der Waals surface area contributed by atoms with Crippen LogP contribution in [0.1, 0.15) is 36.2 Å². The van der Waals surface area contributed by atoms with Gasteiger partial charge in [0.05, 0.1) is 0 Å². The van der Waals surface area contributed by atoms with Crippen molar-refractivity contribution in [2.24, 2.45) is 7.05 Å². The number of benzene rings is 1. The highest BCUT2D eigenvalue weighted by atomic mass is 14.9. The van der Waals surface area contributed by atoms with Gasteiger partial charge in [-0.1, -0.05) is 49.6 Å². The fraction of sp³-hybridized carbons (Fsp3) is 0.158. The van der Waals surface area contributed by atoms with Gasteiger partial charge in [0.25, 0.3) is 0 Å². The quantitative estimate of drug-likeness (QED) is 0.683. The van der Waals surface area contributed by atoms with E-state index in [1.807, 2.05) is 26.0 Å². The molecule has 102 valence electrons. The van der Waals surface area contributed by atoms with Gasteiger partial charge < -0.3 is 4.57 Å². The van der Waals surface area contributed by atoms with Crippen LogP contribution in [0.5, 0.6) is 0 Å². The van der Waals surface area contributed by atoms with Gasteiger partial charge in [0.1, 0.15) is 0 Å². The van der Waals surface area contributed by atoms with Crippen molar-refractivity contribution in [2.75, 3.05) is 0 Å². The Hall–Kier alpha value is -2.28. The maximum absolute atomic E-state index is 3.96. The first kappa shape index (κ1) is 14.1. The van der Waals surface area contributed by atoms with Crippen LogP contribution in [0.15, 0.2) is 37.4 Å². The number of aryl methyl sites for hydroxylation is 1. The van der Waals surface area contributed by atoms with Gasteiger partial charge in [-0.05, 0) is 37.1 Å². The molecular weight excluding hydrogens is 242 g/mol. The molecule has 0 amide bonds. The van der Waals surface area contributed by atoms with E-state index in [9.17, 15) is 0 Å². The molecule has 0 unspecified atom stereocenters. The van der Waals surface area contributed by atoms with E-state index in [1.165, 1.54) is 22.0 Å². The minimum absolute atomic E-state index is 1.14. The van der Waals surface area contributed by atoms with Gasteiger partial charge in [0.15, 0.2) is 0 Å². The van der Waals surface area contributed by atoms with E-state index in [0.717, 1.165) is 11.3 Å². The Morgan fingerprint density at radius 2 is 1.60 bits per heavy atom. The summed E-state index contributed by atoms with van der Waals surface area (Å²) in [5.41, 5.74) is 5.95. The molecule has 0 fully saturated rings. The van der Waals surface area contributed by atoms with Crippen LogP contribution in [0.4, 0.5) is 0 Å². The zero-order valence-corrected chi connectivity index (χ0v) is 12.5. The van der Waals surface area contributed by atoms with Crippen molar-refractivity contribution in [1.29, 1.82) is 0 Å². The fourth-order valence-corrected chi connectivity index (χ4v) is 2.73. The minimum atomic E-state index is 1.14. The van der Waals surface area contributed by atoms with Crippen LogP contribution >= 0.6 is 0 Å². The Balaban J connectivity index is 3.05. The predicted molar refractivity (Wildman–Crippen MR) is 92.5 cm³/mol. The van der Waals surface area contributed by atoms with Crippen molar-refractivity contribution >= 4 is 35.2 Å². The first-order valence-corrected chi connectivity index (χ1v) is 6.85. The lowest BCUT2D eigenvalue weighted by Crippen LogP contribution is -1.90. The molecule has 2 rings (SSSR count). The Labute approximate surface area is 121 Å². The molecule has 2 aromatic rings. The van der Waals surface area contributed by atoms with Gasteiger partial charge in [0, 0.05) is 29.2 Å². The molecule has 0 atom stereocenters. The zero-order chi connectivity index (χ0) is 14.7. The molecule has 1 heteroatoms. The average Bonchev–Trinajstić information content (AvgIpc) is 2.73. The van der Waals surface area contributed by atoms with Crippen LogP contribution in [-0.4, -0.2) is 4.57 Å². The minimum Gasteiger partial charge on any atom is -0.344 e. The number of fused-ring (bicyclic) bond motifs is 1. The number of hydrogen-bond acceptors (Lipinski definition) is 0. The van der Waals surface area contributed by atoms with Gasteiger partial charge in [-0.25, -0.2) is 0 Å². The normalized spacial score (nSPS) is 11.8. The maximum atomic E-state index is 3.96. The second-order valence-electron chi connectivity index (χ2n) is 4.73. The van der Waals surface area contributed by atoms with Crippen molar-refractivity contribution in [2.45, 2.75) is 13.8 Å². The molecule has 1 heterocycles. The Bertz CT molecular complexity index is 724. The maximum Gasteiger partial charge on any atom is 0.0495 e. The second kappa shape index (κ2) is 5.79. The monoisotopic (exact) mass is 263 g/mol. The average molecular weight is 263 g/mol. The number of nitrogens with zero attached hydrogens (tertiary/aromatic N) is 1. The number of hydrogen-bond donors (Lipinski definition) is 0. The lowest BCUT2D eigenvalue weighted by atomic mass is 9.98.